The van der Waals surface area contributed by atoms with Crippen LogP contribution in [0.1, 0.15) is 35.2 Å². The van der Waals surface area contributed by atoms with Gasteiger partial charge in [-0.05, 0) is 24.6 Å². The van der Waals surface area contributed by atoms with Crippen molar-refractivity contribution in [1.82, 2.24) is 0 Å². The van der Waals surface area contributed by atoms with Gasteiger partial charge >= 0.3 is 17.9 Å². The molecule has 2 rings (SSSR count). The number of ether oxygens (including phenoxy) is 3. The number of methoxy groups -OCH3 is 1. The van der Waals surface area contributed by atoms with Crippen molar-refractivity contribution in [2.24, 2.45) is 11.8 Å². The zero-order chi connectivity index (χ0) is 23.2. The van der Waals surface area contributed by atoms with Crippen molar-refractivity contribution in [3.05, 3.63) is 60.7 Å². The molecule has 8 nitrogen and oxygen atoms in total. The van der Waals surface area contributed by atoms with Crippen LogP contribution in [0.15, 0.2) is 49.6 Å². The van der Waals surface area contributed by atoms with Crippen LogP contribution in [0, 0.1) is 11.8 Å². The molecule has 1 saturated carbocycles. The van der Waals surface area contributed by atoms with Crippen LogP contribution in [-0.2, 0) is 28.6 Å². The Morgan fingerprint density at radius 2 is 1.65 bits per heavy atom. The smallest absolute Gasteiger partial charge is 0.337 e. The van der Waals surface area contributed by atoms with Gasteiger partial charge in [0, 0.05) is 12.3 Å². The molecule has 0 heterocycles. The van der Waals surface area contributed by atoms with Gasteiger partial charge in [-0.3, -0.25) is 14.4 Å². The molecule has 0 bridgehead atoms. The van der Waals surface area contributed by atoms with E-state index in [2.05, 4.69) is 17.9 Å². The first-order valence-corrected chi connectivity index (χ1v) is 9.66. The molecule has 0 aromatic heterocycles. The van der Waals surface area contributed by atoms with Crippen LogP contribution in [0.4, 0.5) is 0 Å². The van der Waals surface area contributed by atoms with Gasteiger partial charge in [0.2, 0.25) is 0 Å². The quantitative estimate of drug-likeness (QED) is 0.288. The van der Waals surface area contributed by atoms with Gasteiger partial charge < -0.3 is 19.3 Å². The number of carbonyl (C=O) groups is 4. The zero-order valence-electron chi connectivity index (χ0n) is 17.5. The molecule has 0 amide bonds. The number of hydrogen-bond acceptors (Lipinski definition) is 8. The van der Waals surface area contributed by atoms with E-state index in [4.69, 9.17) is 9.47 Å². The summed E-state index contributed by atoms with van der Waals surface area (Å²) in [4.78, 5) is 50.3. The average Bonchev–Trinajstić information content (AvgIpc) is 2.74. The molecular weight excluding hydrogens is 404 g/mol. The van der Waals surface area contributed by atoms with Gasteiger partial charge in [-0.15, -0.1) is 0 Å². The summed E-state index contributed by atoms with van der Waals surface area (Å²) in [5, 5.41) is 11.0. The normalized spacial score (nSPS) is 25.3. The molecule has 1 aliphatic carbocycles. The van der Waals surface area contributed by atoms with Crippen LogP contribution < -0.4 is 0 Å². The lowest BCUT2D eigenvalue weighted by molar-refractivity contribution is -0.172. The minimum Gasteiger partial charge on any atom is -0.465 e. The Hall–Kier alpha value is -3.26. The summed E-state index contributed by atoms with van der Waals surface area (Å²) >= 11 is 0. The van der Waals surface area contributed by atoms with E-state index in [-0.39, 0.29) is 18.8 Å². The summed E-state index contributed by atoms with van der Waals surface area (Å²) in [6.07, 6.45) is 2.30. The monoisotopic (exact) mass is 430 g/mol. The van der Waals surface area contributed by atoms with Gasteiger partial charge in [0.1, 0.15) is 19.1 Å². The summed E-state index contributed by atoms with van der Waals surface area (Å²) in [6, 6.07) is 5.92. The van der Waals surface area contributed by atoms with Crippen molar-refractivity contribution < 1.29 is 38.5 Å². The Bertz CT molecular complexity index is 868. The molecule has 0 aliphatic heterocycles. The Kier molecular flexibility index (Phi) is 7.88. The number of aliphatic hydroxyl groups is 1. The van der Waals surface area contributed by atoms with E-state index in [1.54, 1.807) is 0 Å². The van der Waals surface area contributed by atoms with Crippen molar-refractivity contribution in [2.45, 2.75) is 24.9 Å². The number of ketones is 1. The molecule has 1 N–H and O–H groups in total. The summed E-state index contributed by atoms with van der Waals surface area (Å²) in [6.45, 7) is 8.11. The summed E-state index contributed by atoms with van der Waals surface area (Å²) < 4.78 is 15.0. The first-order valence-electron chi connectivity index (χ1n) is 9.66. The minimum absolute atomic E-state index is 0.0983. The van der Waals surface area contributed by atoms with E-state index >= 15 is 0 Å². The third kappa shape index (κ3) is 5.27. The second kappa shape index (κ2) is 10.2. The van der Waals surface area contributed by atoms with Crippen LogP contribution in [0.5, 0.6) is 0 Å². The highest BCUT2D eigenvalue weighted by atomic mass is 16.5. The number of Topliss-reactive ketones (excluding diaryl/α,β-unsaturated/α-hetero) is 1. The van der Waals surface area contributed by atoms with Crippen molar-refractivity contribution >= 4 is 23.7 Å². The fourth-order valence-corrected chi connectivity index (χ4v) is 3.84. The molecule has 0 radical (unpaired) electrons. The standard InChI is InChI=1S/C23H26O8/c1-5-11-30-21(26)18-16(24)13-23(3,28)19(22(27)31-12-6-2)17(18)14-7-9-15(10-8-14)20(25)29-4/h5-10,17-19,28H,1-2,11-13H2,3-4H3/t17-,18+,19+,23+/m0/s1. The second-order valence-electron chi connectivity index (χ2n) is 7.43. The fraction of sp³-hybridized carbons (Fsp3) is 0.391. The molecule has 1 aromatic rings. The van der Waals surface area contributed by atoms with Gasteiger partial charge in [0.15, 0.2) is 5.78 Å². The first-order chi connectivity index (χ1) is 14.7. The minimum atomic E-state index is -1.77. The maximum atomic E-state index is 12.9. The number of hydrogen-bond donors (Lipinski definition) is 1. The molecule has 8 heteroatoms. The number of esters is 3. The highest BCUT2D eigenvalue weighted by Gasteiger charge is 2.57. The largest absolute Gasteiger partial charge is 0.465 e. The van der Waals surface area contributed by atoms with E-state index in [0.717, 1.165) is 0 Å². The number of benzene rings is 1. The summed E-state index contributed by atoms with van der Waals surface area (Å²) in [5.74, 6) is -6.39. The van der Waals surface area contributed by atoms with Gasteiger partial charge in [-0.2, -0.15) is 0 Å². The van der Waals surface area contributed by atoms with Crippen LogP contribution in [-0.4, -0.2) is 54.7 Å². The molecule has 1 aliphatic rings. The Morgan fingerprint density at radius 1 is 1.10 bits per heavy atom. The van der Waals surface area contributed by atoms with Crippen LogP contribution in [0.2, 0.25) is 0 Å². The Balaban J connectivity index is 2.58. The number of carbonyl (C=O) groups excluding carboxylic acids is 4. The molecule has 0 unspecified atom stereocenters. The highest BCUT2D eigenvalue weighted by molar-refractivity contribution is 6.03. The third-order valence-electron chi connectivity index (χ3n) is 5.18. The summed E-state index contributed by atoms with van der Waals surface area (Å²) in [5.41, 5.74) is -1.13. The maximum absolute atomic E-state index is 12.9. The molecule has 0 spiro atoms. The highest BCUT2D eigenvalue weighted by Crippen LogP contribution is 2.46. The lowest BCUT2D eigenvalue weighted by atomic mass is 9.61. The molecular formula is C23H26O8. The zero-order valence-corrected chi connectivity index (χ0v) is 17.5. The Labute approximate surface area is 180 Å². The van der Waals surface area contributed by atoms with Crippen LogP contribution in [0.3, 0.4) is 0 Å². The van der Waals surface area contributed by atoms with Crippen LogP contribution in [0.25, 0.3) is 0 Å². The lowest BCUT2D eigenvalue weighted by Gasteiger charge is -2.43. The van der Waals surface area contributed by atoms with Gasteiger partial charge in [0.05, 0.1) is 24.2 Å². The van der Waals surface area contributed by atoms with Crippen molar-refractivity contribution in [3.8, 4) is 0 Å². The van der Waals surface area contributed by atoms with Gasteiger partial charge in [-0.1, -0.05) is 37.4 Å². The van der Waals surface area contributed by atoms with Crippen molar-refractivity contribution in [3.63, 3.8) is 0 Å². The van der Waals surface area contributed by atoms with Gasteiger partial charge in [-0.25, -0.2) is 4.79 Å². The molecule has 31 heavy (non-hydrogen) atoms. The SMILES string of the molecule is C=CCOC(=O)[C@@H]1C(=O)C[C@@](C)(O)[C@@H](C(=O)OCC=C)[C@H]1c1ccc(C(=O)OC)cc1. The van der Waals surface area contributed by atoms with E-state index in [1.165, 1.54) is 50.5 Å². The molecule has 0 saturated heterocycles. The predicted octanol–water partition coefficient (Wildman–Crippen LogP) is 1.97. The topological polar surface area (TPSA) is 116 Å². The van der Waals surface area contributed by atoms with Crippen molar-refractivity contribution in [1.29, 1.82) is 0 Å². The molecule has 166 valence electrons. The van der Waals surface area contributed by atoms with Crippen LogP contribution >= 0.6 is 0 Å². The molecule has 1 fully saturated rings. The lowest BCUT2D eigenvalue weighted by Crippen LogP contribution is -2.55. The second-order valence-corrected chi connectivity index (χ2v) is 7.43. The predicted molar refractivity (Wildman–Crippen MR) is 110 cm³/mol. The van der Waals surface area contributed by atoms with Crippen molar-refractivity contribution in [2.75, 3.05) is 20.3 Å². The average molecular weight is 430 g/mol. The molecule has 1 aromatic carbocycles. The maximum Gasteiger partial charge on any atom is 0.337 e. The fourth-order valence-electron chi connectivity index (χ4n) is 3.84. The van der Waals surface area contributed by atoms with E-state index in [9.17, 15) is 24.3 Å². The number of rotatable bonds is 8. The summed E-state index contributed by atoms with van der Waals surface area (Å²) in [7, 11) is 1.24. The Morgan fingerprint density at radius 3 is 2.16 bits per heavy atom. The van der Waals surface area contributed by atoms with Gasteiger partial charge in [0.25, 0.3) is 0 Å². The molecule has 4 atom stereocenters. The van der Waals surface area contributed by atoms with E-state index in [1.807, 2.05) is 0 Å². The van der Waals surface area contributed by atoms with E-state index in [0.29, 0.717) is 5.56 Å². The first kappa shape index (κ1) is 24.0. The van der Waals surface area contributed by atoms with E-state index < -0.39 is 53.5 Å². The third-order valence-corrected chi connectivity index (χ3v) is 5.18.